The maximum Gasteiger partial charge on any atom is 0.274 e. The molecule has 0 aromatic heterocycles. The Hall–Kier alpha value is -0.130. The van der Waals surface area contributed by atoms with Crippen molar-refractivity contribution in [2.75, 3.05) is 0 Å². The van der Waals surface area contributed by atoms with Crippen LogP contribution in [0.1, 0.15) is 39.0 Å². The first-order chi connectivity index (χ1) is 6.01. The molecule has 0 saturated heterocycles. The van der Waals surface area contributed by atoms with Gasteiger partial charge in [-0.05, 0) is 18.8 Å². The topological polar surface area (TPSA) is 72.2 Å². The molecule has 1 fully saturated rings. The molecule has 5 heteroatoms. The summed E-state index contributed by atoms with van der Waals surface area (Å²) >= 11 is 0. The second-order valence-corrected chi connectivity index (χ2v) is 5.13. The highest BCUT2D eigenvalue weighted by Gasteiger charge is 2.22. The van der Waals surface area contributed by atoms with Crippen LogP contribution in [0.15, 0.2) is 0 Å². The Morgan fingerprint density at radius 3 is 2.69 bits per heavy atom. The smallest absolute Gasteiger partial charge is 0.216 e. The summed E-state index contributed by atoms with van der Waals surface area (Å²) in [5.74, 6) is 0.660. The van der Waals surface area contributed by atoms with Crippen molar-refractivity contribution in [1.82, 2.24) is 4.72 Å². The second-order valence-electron chi connectivity index (χ2n) is 3.80. The van der Waals surface area contributed by atoms with Crippen molar-refractivity contribution >= 4 is 10.2 Å². The molecule has 1 saturated carbocycles. The second kappa shape index (κ2) is 4.39. The number of rotatable bonds is 3. The average molecular weight is 206 g/mol. The highest BCUT2D eigenvalue weighted by molar-refractivity contribution is 7.87. The van der Waals surface area contributed by atoms with Crippen LogP contribution >= 0.6 is 0 Å². The largest absolute Gasteiger partial charge is 0.274 e. The lowest BCUT2D eigenvalue weighted by atomic mass is 9.85. The number of hydrogen-bond acceptors (Lipinski definition) is 2. The molecule has 78 valence electrons. The van der Waals surface area contributed by atoms with Gasteiger partial charge in [0, 0.05) is 6.04 Å². The van der Waals surface area contributed by atoms with Crippen molar-refractivity contribution in [3.8, 4) is 0 Å². The first kappa shape index (κ1) is 10.9. The van der Waals surface area contributed by atoms with Gasteiger partial charge < -0.3 is 0 Å². The molecule has 0 aliphatic heterocycles. The van der Waals surface area contributed by atoms with Gasteiger partial charge in [0.1, 0.15) is 0 Å². The van der Waals surface area contributed by atoms with Crippen LogP contribution in [0, 0.1) is 5.92 Å². The molecule has 2 atom stereocenters. The Balaban J connectivity index is 2.43. The van der Waals surface area contributed by atoms with Gasteiger partial charge in [-0.3, -0.25) is 0 Å². The minimum absolute atomic E-state index is 0.0636. The zero-order chi connectivity index (χ0) is 9.90. The minimum atomic E-state index is -3.51. The fourth-order valence-corrected chi connectivity index (χ4v) is 2.68. The van der Waals surface area contributed by atoms with Crippen LogP contribution in [0.2, 0.25) is 0 Å². The molecule has 0 amide bonds. The highest BCUT2D eigenvalue weighted by Crippen LogP contribution is 2.26. The van der Waals surface area contributed by atoms with E-state index in [1.165, 1.54) is 6.42 Å². The third kappa shape index (κ3) is 4.06. The molecule has 0 heterocycles. The molecule has 3 N–H and O–H groups in total. The van der Waals surface area contributed by atoms with E-state index in [0.717, 1.165) is 25.7 Å². The first-order valence-corrected chi connectivity index (χ1v) is 6.36. The van der Waals surface area contributed by atoms with Gasteiger partial charge >= 0.3 is 0 Å². The Morgan fingerprint density at radius 2 is 2.15 bits per heavy atom. The number of hydrogen-bond donors (Lipinski definition) is 2. The highest BCUT2D eigenvalue weighted by atomic mass is 32.2. The molecule has 0 bridgehead atoms. The third-order valence-electron chi connectivity index (χ3n) is 2.69. The van der Waals surface area contributed by atoms with E-state index in [9.17, 15) is 8.42 Å². The van der Waals surface area contributed by atoms with Crippen molar-refractivity contribution in [2.24, 2.45) is 11.1 Å². The van der Waals surface area contributed by atoms with Crippen molar-refractivity contribution in [3.05, 3.63) is 0 Å². The fraction of sp³-hybridized carbons (Fsp3) is 1.00. The zero-order valence-corrected chi connectivity index (χ0v) is 8.81. The summed E-state index contributed by atoms with van der Waals surface area (Å²) in [6.45, 7) is 2.14. The number of nitrogens with two attached hydrogens (primary N) is 1. The van der Waals surface area contributed by atoms with Gasteiger partial charge in [-0.25, -0.2) is 5.14 Å². The van der Waals surface area contributed by atoms with Crippen LogP contribution in [-0.4, -0.2) is 14.5 Å². The summed E-state index contributed by atoms with van der Waals surface area (Å²) in [4.78, 5) is 0. The quantitative estimate of drug-likeness (QED) is 0.715. The van der Waals surface area contributed by atoms with Crippen LogP contribution in [0.4, 0.5) is 0 Å². The molecule has 0 aromatic rings. The van der Waals surface area contributed by atoms with Crippen LogP contribution in [0.5, 0.6) is 0 Å². The lowest BCUT2D eigenvalue weighted by Gasteiger charge is -2.28. The monoisotopic (exact) mass is 206 g/mol. The van der Waals surface area contributed by atoms with E-state index in [1.807, 2.05) is 0 Å². The standard InChI is InChI=1S/C8H18N2O2S/c1-2-7-4-3-5-8(6-7)10-13(9,11)12/h7-8,10H,2-6H2,1H3,(H2,9,11,12)/t7-,8+/m1/s1. The molecular formula is C8H18N2O2S. The van der Waals surface area contributed by atoms with E-state index in [4.69, 9.17) is 5.14 Å². The predicted octanol–water partition coefficient (Wildman–Crippen LogP) is 0.748. The molecule has 13 heavy (non-hydrogen) atoms. The molecule has 0 radical (unpaired) electrons. The molecule has 1 rings (SSSR count). The van der Waals surface area contributed by atoms with E-state index < -0.39 is 10.2 Å². The van der Waals surface area contributed by atoms with Crippen molar-refractivity contribution in [2.45, 2.75) is 45.1 Å². The van der Waals surface area contributed by atoms with Crippen LogP contribution in [0.25, 0.3) is 0 Å². The fourth-order valence-electron chi connectivity index (χ4n) is 2.00. The van der Waals surface area contributed by atoms with Crippen LogP contribution in [-0.2, 0) is 10.2 Å². The third-order valence-corrected chi connectivity index (χ3v) is 3.35. The summed E-state index contributed by atoms with van der Waals surface area (Å²) in [6, 6.07) is 0.0636. The minimum Gasteiger partial charge on any atom is -0.216 e. The van der Waals surface area contributed by atoms with Gasteiger partial charge in [-0.2, -0.15) is 13.1 Å². The van der Waals surface area contributed by atoms with Crippen molar-refractivity contribution in [3.63, 3.8) is 0 Å². The lowest BCUT2D eigenvalue weighted by Crippen LogP contribution is -2.41. The Morgan fingerprint density at radius 1 is 1.46 bits per heavy atom. The van der Waals surface area contributed by atoms with Gasteiger partial charge in [0.05, 0.1) is 0 Å². The number of nitrogens with one attached hydrogen (secondary N) is 1. The molecule has 0 aromatic carbocycles. The maximum atomic E-state index is 10.8. The summed E-state index contributed by atoms with van der Waals surface area (Å²) < 4.78 is 24.0. The van der Waals surface area contributed by atoms with E-state index >= 15 is 0 Å². The molecule has 1 aliphatic rings. The molecule has 4 nitrogen and oxygen atoms in total. The zero-order valence-electron chi connectivity index (χ0n) is 7.99. The van der Waals surface area contributed by atoms with E-state index in [-0.39, 0.29) is 6.04 Å². The lowest BCUT2D eigenvalue weighted by molar-refractivity contribution is 0.301. The van der Waals surface area contributed by atoms with Gasteiger partial charge in [-0.15, -0.1) is 0 Å². The Labute approximate surface area is 80.1 Å². The van der Waals surface area contributed by atoms with E-state index in [2.05, 4.69) is 11.6 Å². The van der Waals surface area contributed by atoms with Crippen LogP contribution < -0.4 is 9.86 Å². The maximum absolute atomic E-state index is 10.8. The molecule has 0 unspecified atom stereocenters. The van der Waals surface area contributed by atoms with E-state index in [0.29, 0.717) is 5.92 Å². The Bertz CT molecular complexity index is 251. The summed E-state index contributed by atoms with van der Waals surface area (Å²) in [5.41, 5.74) is 0. The van der Waals surface area contributed by atoms with Crippen molar-refractivity contribution < 1.29 is 8.42 Å². The van der Waals surface area contributed by atoms with Gasteiger partial charge in [0.15, 0.2) is 0 Å². The van der Waals surface area contributed by atoms with Crippen molar-refractivity contribution in [1.29, 1.82) is 0 Å². The first-order valence-electron chi connectivity index (χ1n) is 4.81. The molecular weight excluding hydrogens is 188 g/mol. The summed E-state index contributed by atoms with van der Waals surface area (Å²) in [6.07, 6.45) is 5.31. The van der Waals surface area contributed by atoms with Gasteiger partial charge in [-0.1, -0.05) is 26.2 Å². The Kier molecular flexibility index (Phi) is 3.70. The molecule has 1 aliphatic carbocycles. The van der Waals surface area contributed by atoms with Crippen LogP contribution in [0.3, 0.4) is 0 Å². The predicted molar refractivity (Wildman–Crippen MR) is 52.3 cm³/mol. The van der Waals surface area contributed by atoms with E-state index in [1.54, 1.807) is 0 Å². The summed E-state index contributed by atoms with van der Waals surface area (Å²) in [5, 5.41) is 4.91. The summed E-state index contributed by atoms with van der Waals surface area (Å²) in [7, 11) is -3.51. The van der Waals surface area contributed by atoms with Gasteiger partial charge in [0.2, 0.25) is 0 Å². The average Bonchev–Trinajstić information content (AvgIpc) is 2.01. The molecule has 0 spiro atoms. The SMILES string of the molecule is CC[C@@H]1CCC[C@H](NS(N)(=O)=O)C1. The van der Waals surface area contributed by atoms with Gasteiger partial charge in [0.25, 0.3) is 10.2 Å². The normalized spacial score (nSPS) is 30.3.